The second-order valence-electron chi connectivity index (χ2n) is 6.97. The van der Waals surface area contributed by atoms with Gasteiger partial charge in [0.1, 0.15) is 17.3 Å². The van der Waals surface area contributed by atoms with Crippen molar-refractivity contribution >= 4 is 29.4 Å². The third kappa shape index (κ3) is 4.52. The summed E-state index contributed by atoms with van der Waals surface area (Å²) in [6, 6.07) is 7.53. The van der Waals surface area contributed by atoms with Crippen LogP contribution in [0.3, 0.4) is 0 Å². The lowest BCUT2D eigenvalue weighted by atomic mass is 10.1. The average molecular weight is 449 g/mol. The van der Waals surface area contributed by atoms with E-state index in [1.54, 1.807) is 36.1 Å². The molecule has 0 atom stereocenters. The molecule has 0 bridgehead atoms. The van der Waals surface area contributed by atoms with Crippen molar-refractivity contribution in [1.82, 2.24) is 9.97 Å². The largest absolute Gasteiger partial charge is 0.446 e. The Morgan fingerprint density at radius 3 is 2.87 bits per heavy atom. The third-order valence-electron chi connectivity index (χ3n) is 4.80. The molecule has 11 heteroatoms. The molecule has 0 unspecified atom stereocenters. The smallest absolute Gasteiger partial charge is 0.417 e. The van der Waals surface area contributed by atoms with Crippen molar-refractivity contribution in [3.05, 3.63) is 65.0 Å². The molecule has 3 N–H and O–H groups in total. The van der Waals surface area contributed by atoms with Crippen LogP contribution in [0.5, 0.6) is 0 Å². The number of benzene rings is 1. The first-order valence-corrected chi connectivity index (χ1v) is 10.2. The van der Waals surface area contributed by atoms with E-state index < -0.39 is 17.6 Å². The highest BCUT2D eigenvalue weighted by Gasteiger charge is 2.34. The molecular weight excluding hydrogens is 431 g/mol. The van der Waals surface area contributed by atoms with E-state index in [9.17, 15) is 18.0 Å². The van der Waals surface area contributed by atoms with Crippen LogP contribution in [0.2, 0.25) is 0 Å². The van der Waals surface area contributed by atoms with Crippen molar-refractivity contribution in [2.75, 3.05) is 16.8 Å². The summed E-state index contributed by atoms with van der Waals surface area (Å²) in [5.41, 5.74) is -0.0757. The van der Waals surface area contributed by atoms with Crippen LogP contribution in [-0.4, -0.2) is 22.4 Å². The number of nitrogens with zero attached hydrogens (tertiary/aromatic N) is 3. The van der Waals surface area contributed by atoms with E-state index in [2.05, 4.69) is 15.3 Å². The number of carbonyl (C=O) groups is 1. The number of nitrogens with one attached hydrogen (secondary N) is 1. The molecule has 7 nitrogen and oxygen atoms in total. The van der Waals surface area contributed by atoms with Gasteiger partial charge in [0, 0.05) is 36.7 Å². The van der Waals surface area contributed by atoms with Crippen LogP contribution in [0.4, 0.5) is 24.7 Å². The molecule has 3 aromatic rings. The molecule has 4 rings (SSSR count). The molecule has 1 aromatic carbocycles. The number of alkyl halides is 3. The molecule has 31 heavy (non-hydrogen) atoms. The van der Waals surface area contributed by atoms with E-state index in [4.69, 9.17) is 9.56 Å². The number of fused-ring (bicyclic) bond motifs is 1. The molecule has 1 amide bonds. The van der Waals surface area contributed by atoms with Gasteiger partial charge in [-0.05, 0) is 36.2 Å². The molecule has 0 saturated carbocycles. The molecule has 162 valence electrons. The fourth-order valence-corrected chi connectivity index (χ4v) is 3.74. The zero-order chi connectivity index (χ0) is 22.2. The van der Waals surface area contributed by atoms with Crippen molar-refractivity contribution in [2.45, 2.75) is 31.0 Å². The average Bonchev–Trinajstić information content (AvgIpc) is 3.12. The number of carbonyl (C=O) groups excluding carboxylic acids is 1. The number of rotatable bonds is 4. The fraction of sp³-hybridized carbons (Fsp3) is 0.250. The van der Waals surface area contributed by atoms with Gasteiger partial charge in [-0.2, -0.15) is 13.2 Å². The highest BCUT2D eigenvalue weighted by Crippen LogP contribution is 2.33. The van der Waals surface area contributed by atoms with Gasteiger partial charge in [-0.1, -0.05) is 6.07 Å². The van der Waals surface area contributed by atoms with Gasteiger partial charge >= 0.3 is 6.18 Å². The minimum Gasteiger partial charge on any atom is -0.446 e. The molecule has 0 saturated heterocycles. The molecule has 3 heterocycles. The number of hydrogen-bond acceptors (Lipinski definition) is 7. The molecule has 1 aliphatic heterocycles. The highest BCUT2D eigenvalue weighted by molar-refractivity contribution is 7.97. The topological polar surface area (TPSA) is 97.3 Å². The number of hydrogen-bond donors (Lipinski definition) is 2. The number of oxazole rings is 1. The predicted molar refractivity (Wildman–Crippen MR) is 110 cm³/mol. The normalized spacial score (nSPS) is 13.8. The predicted octanol–water partition coefficient (Wildman–Crippen LogP) is 4.18. The zero-order valence-corrected chi connectivity index (χ0v) is 17.2. The Kier molecular flexibility index (Phi) is 5.63. The van der Waals surface area contributed by atoms with Gasteiger partial charge in [-0.25, -0.2) is 9.97 Å². The number of halogens is 3. The van der Waals surface area contributed by atoms with E-state index in [1.807, 2.05) is 0 Å². The van der Waals surface area contributed by atoms with Crippen LogP contribution in [0, 0.1) is 6.92 Å². The lowest BCUT2D eigenvalue weighted by Crippen LogP contribution is -2.33. The summed E-state index contributed by atoms with van der Waals surface area (Å²) in [6.45, 7) is 2.44. The molecule has 2 aromatic heterocycles. The molecular formula is C20H18F3N5O2S. The maximum atomic E-state index is 13.3. The van der Waals surface area contributed by atoms with E-state index in [0.717, 1.165) is 30.0 Å². The van der Waals surface area contributed by atoms with Gasteiger partial charge in [-0.15, -0.1) is 0 Å². The second kappa shape index (κ2) is 8.23. The summed E-state index contributed by atoms with van der Waals surface area (Å²) < 4.78 is 45.5. The van der Waals surface area contributed by atoms with Crippen LogP contribution < -0.4 is 15.4 Å². The van der Waals surface area contributed by atoms with Crippen molar-refractivity contribution in [3.8, 4) is 0 Å². The van der Waals surface area contributed by atoms with Crippen molar-refractivity contribution in [1.29, 1.82) is 0 Å². The number of aromatic nitrogens is 2. The Morgan fingerprint density at radius 1 is 1.32 bits per heavy atom. The molecule has 1 aliphatic rings. The lowest BCUT2D eigenvalue weighted by Gasteiger charge is -2.28. The Hall–Kier alpha value is -3.05. The number of pyridine rings is 1. The standard InChI is InChI=1S/C20H18F3N5O2S/c1-11-26-16-10-28(6-5-17(16)30-11)18-15(7-12(9-25-18)20(21,22)23)19(29)27-13-3-2-4-14(8-13)31-24/h2-4,7-9H,5-6,10,24H2,1H3,(H,27,29). The molecule has 0 aliphatic carbocycles. The number of anilines is 2. The van der Waals surface area contributed by atoms with Gasteiger partial charge in [0.05, 0.1) is 17.7 Å². The Balaban J connectivity index is 1.69. The van der Waals surface area contributed by atoms with E-state index in [-0.39, 0.29) is 17.9 Å². The first-order valence-electron chi connectivity index (χ1n) is 9.30. The Morgan fingerprint density at radius 2 is 2.13 bits per heavy atom. The fourth-order valence-electron chi connectivity index (χ4n) is 3.39. The zero-order valence-electron chi connectivity index (χ0n) is 16.4. The highest BCUT2D eigenvalue weighted by atomic mass is 32.2. The summed E-state index contributed by atoms with van der Waals surface area (Å²) in [6.07, 6.45) is -3.38. The summed E-state index contributed by atoms with van der Waals surface area (Å²) in [4.78, 5) is 23.7. The van der Waals surface area contributed by atoms with Gasteiger partial charge in [-0.3, -0.25) is 9.93 Å². The Bertz CT molecular complexity index is 1130. The number of amides is 1. The van der Waals surface area contributed by atoms with Gasteiger partial charge in [0.25, 0.3) is 5.91 Å². The van der Waals surface area contributed by atoms with Crippen LogP contribution >= 0.6 is 11.9 Å². The van der Waals surface area contributed by atoms with Crippen LogP contribution in [-0.2, 0) is 19.1 Å². The third-order valence-corrected chi connectivity index (χ3v) is 5.33. The Labute approximate surface area is 180 Å². The monoisotopic (exact) mass is 449 g/mol. The van der Waals surface area contributed by atoms with Gasteiger partial charge in [0.15, 0.2) is 5.89 Å². The lowest BCUT2D eigenvalue weighted by molar-refractivity contribution is -0.137. The molecule has 0 spiro atoms. The number of aryl methyl sites for hydroxylation is 1. The SMILES string of the molecule is Cc1nc2c(o1)CCN(c1ncc(C(F)(F)F)cc1C(=O)Nc1cccc(SN)c1)C2. The number of nitrogens with two attached hydrogens (primary N) is 1. The summed E-state index contributed by atoms with van der Waals surface area (Å²) in [5, 5.41) is 8.18. The minimum absolute atomic E-state index is 0.154. The van der Waals surface area contributed by atoms with Crippen LogP contribution in [0.15, 0.2) is 45.8 Å². The maximum Gasteiger partial charge on any atom is 0.417 e. The van der Waals surface area contributed by atoms with Crippen molar-refractivity contribution in [3.63, 3.8) is 0 Å². The second-order valence-corrected chi connectivity index (χ2v) is 7.67. The molecule has 0 fully saturated rings. The summed E-state index contributed by atoms with van der Waals surface area (Å²) >= 11 is 0.997. The van der Waals surface area contributed by atoms with Crippen molar-refractivity contribution < 1.29 is 22.4 Å². The summed E-state index contributed by atoms with van der Waals surface area (Å²) in [5.74, 6) is 0.710. The first-order chi connectivity index (χ1) is 14.7. The van der Waals surface area contributed by atoms with Crippen LogP contribution in [0.25, 0.3) is 0 Å². The van der Waals surface area contributed by atoms with E-state index in [0.29, 0.717) is 35.1 Å². The minimum atomic E-state index is -4.63. The van der Waals surface area contributed by atoms with Gasteiger partial charge in [0.2, 0.25) is 0 Å². The first kappa shape index (κ1) is 21.2. The van der Waals surface area contributed by atoms with Crippen molar-refractivity contribution in [2.24, 2.45) is 5.14 Å². The van der Waals surface area contributed by atoms with E-state index in [1.165, 1.54) is 0 Å². The van der Waals surface area contributed by atoms with Gasteiger partial charge < -0.3 is 14.6 Å². The molecule has 0 radical (unpaired) electrons. The summed E-state index contributed by atoms with van der Waals surface area (Å²) in [7, 11) is 0. The van der Waals surface area contributed by atoms with Crippen LogP contribution in [0.1, 0.15) is 33.3 Å². The quantitative estimate of drug-likeness (QED) is 0.577. The maximum absolute atomic E-state index is 13.3. The van der Waals surface area contributed by atoms with E-state index >= 15 is 0 Å².